The second kappa shape index (κ2) is 4.71. The molecule has 0 spiro atoms. The number of halogens is 2. The Bertz CT molecular complexity index is 598. The molecule has 2 nitrogen and oxygen atoms in total. The van der Waals surface area contributed by atoms with Gasteiger partial charge in [0.1, 0.15) is 5.75 Å². The van der Waals surface area contributed by atoms with Crippen LogP contribution in [0, 0.1) is 0 Å². The van der Waals surface area contributed by atoms with Crippen LogP contribution in [0.5, 0.6) is 11.5 Å². The third-order valence-corrected chi connectivity index (χ3v) is 3.40. The largest absolute Gasteiger partial charge is 0.453 e. The molecule has 0 atom stereocenters. The van der Waals surface area contributed by atoms with Gasteiger partial charge < -0.3 is 10.1 Å². The summed E-state index contributed by atoms with van der Waals surface area (Å²) in [7, 11) is 0. The Morgan fingerprint density at radius 3 is 2.83 bits per heavy atom. The van der Waals surface area contributed by atoms with E-state index in [4.69, 9.17) is 27.9 Å². The van der Waals surface area contributed by atoms with E-state index in [0.717, 1.165) is 24.4 Å². The molecule has 1 N–H and O–H groups in total. The van der Waals surface area contributed by atoms with Crippen LogP contribution in [0.15, 0.2) is 36.4 Å². The second-order valence-electron chi connectivity index (χ2n) is 4.15. The Morgan fingerprint density at radius 2 is 1.94 bits per heavy atom. The summed E-state index contributed by atoms with van der Waals surface area (Å²) in [6, 6.07) is 11.5. The van der Waals surface area contributed by atoms with Crippen molar-refractivity contribution in [2.24, 2.45) is 0 Å². The topological polar surface area (TPSA) is 21.3 Å². The minimum atomic E-state index is 0.515. The number of hydrogen-bond donors (Lipinski definition) is 1. The monoisotopic (exact) mass is 279 g/mol. The third kappa shape index (κ3) is 2.14. The maximum Gasteiger partial charge on any atom is 0.169 e. The summed E-state index contributed by atoms with van der Waals surface area (Å²) >= 11 is 12.2. The van der Waals surface area contributed by atoms with E-state index in [9.17, 15) is 0 Å². The lowest BCUT2D eigenvalue weighted by atomic mass is 10.1. The first-order valence-corrected chi connectivity index (χ1v) is 6.48. The van der Waals surface area contributed by atoms with Crippen molar-refractivity contribution in [2.45, 2.75) is 6.42 Å². The molecule has 0 unspecified atom stereocenters. The molecule has 0 fully saturated rings. The Hall–Kier alpha value is -1.38. The zero-order chi connectivity index (χ0) is 12.5. The van der Waals surface area contributed by atoms with Gasteiger partial charge in [-0.3, -0.25) is 0 Å². The van der Waals surface area contributed by atoms with Gasteiger partial charge >= 0.3 is 0 Å². The molecular formula is C14H11Cl2NO. The number of hydrogen-bond acceptors (Lipinski definition) is 2. The molecule has 0 aliphatic carbocycles. The van der Waals surface area contributed by atoms with Crippen molar-refractivity contribution >= 4 is 28.9 Å². The molecule has 0 saturated heterocycles. The van der Waals surface area contributed by atoms with Crippen molar-refractivity contribution in [3.05, 3.63) is 52.0 Å². The number of anilines is 1. The van der Waals surface area contributed by atoms with Crippen LogP contribution in [0.4, 0.5) is 5.69 Å². The molecule has 0 aromatic heterocycles. The highest BCUT2D eigenvalue weighted by Gasteiger charge is 2.16. The van der Waals surface area contributed by atoms with Crippen LogP contribution < -0.4 is 10.1 Å². The molecule has 1 aliphatic heterocycles. The van der Waals surface area contributed by atoms with Gasteiger partial charge in [0.15, 0.2) is 5.75 Å². The van der Waals surface area contributed by atoms with Gasteiger partial charge in [-0.25, -0.2) is 0 Å². The molecule has 0 radical (unpaired) electrons. The fraction of sp³-hybridized carbons (Fsp3) is 0.143. The summed E-state index contributed by atoms with van der Waals surface area (Å²) in [5.41, 5.74) is 2.00. The van der Waals surface area contributed by atoms with Gasteiger partial charge in [-0.15, -0.1) is 0 Å². The van der Waals surface area contributed by atoms with E-state index in [0.29, 0.717) is 15.8 Å². The first-order chi connectivity index (χ1) is 8.74. The maximum absolute atomic E-state index is 6.19. The smallest absolute Gasteiger partial charge is 0.169 e. The zero-order valence-electron chi connectivity index (χ0n) is 9.54. The fourth-order valence-corrected chi connectivity index (χ4v) is 2.58. The molecular weight excluding hydrogens is 269 g/mol. The van der Waals surface area contributed by atoms with Crippen LogP contribution in [0.2, 0.25) is 10.0 Å². The number of fused-ring (bicyclic) bond motifs is 2. The van der Waals surface area contributed by atoms with Crippen LogP contribution in [-0.4, -0.2) is 6.54 Å². The van der Waals surface area contributed by atoms with E-state index in [-0.39, 0.29) is 0 Å². The average molecular weight is 280 g/mol. The van der Waals surface area contributed by atoms with Crippen LogP contribution in [0.25, 0.3) is 0 Å². The molecule has 0 amide bonds. The Labute approximate surface area is 115 Å². The van der Waals surface area contributed by atoms with Gasteiger partial charge in [-0.2, -0.15) is 0 Å². The summed E-state index contributed by atoms with van der Waals surface area (Å²) in [5.74, 6) is 1.48. The number of benzene rings is 2. The number of ether oxygens (including phenoxy) is 1. The third-order valence-electron chi connectivity index (χ3n) is 2.90. The lowest BCUT2D eigenvalue weighted by Gasteiger charge is -2.20. The standard InChI is InChI=1S/C14H11Cl2NO/c15-10-7-11(16)14-12(8-10)17-6-5-9-3-1-2-4-13(9)18-14/h1-4,7-8,17H,5-6H2. The highest BCUT2D eigenvalue weighted by molar-refractivity contribution is 6.36. The average Bonchev–Trinajstić information content (AvgIpc) is 2.32. The fourth-order valence-electron chi connectivity index (χ4n) is 2.05. The molecule has 2 aromatic carbocycles. The van der Waals surface area contributed by atoms with Gasteiger partial charge in [-0.05, 0) is 30.2 Å². The zero-order valence-corrected chi connectivity index (χ0v) is 11.1. The molecule has 0 bridgehead atoms. The SMILES string of the molecule is Clc1cc(Cl)c2c(c1)NCCc1ccccc1O2. The number of nitrogens with one attached hydrogen (secondary N) is 1. The minimum absolute atomic E-state index is 0.515. The lowest BCUT2D eigenvalue weighted by Crippen LogP contribution is -2.10. The molecule has 18 heavy (non-hydrogen) atoms. The van der Waals surface area contributed by atoms with Crippen LogP contribution in [0.1, 0.15) is 5.56 Å². The first kappa shape index (κ1) is 11.7. The van der Waals surface area contributed by atoms with Gasteiger partial charge in [0.2, 0.25) is 0 Å². The lowest BCUT2D eigenvalue weighted by molar-refractivity contribution is 0.475. The predicted octanol–water partition coefficient (Wildman–Crippen LogP) is 4.75. The summed E-state index contributed by atoms with van der Waals surface area (Å²) < 4.78 is 5.92. The van der Waals surface area contributed by atoms with Crippen molar-refractivity contribution in [1.82, 2.24) is 0 Å². The normalized spacial score (nSPS) is 13.4. The Balaban J connectivity index is 2.11. The molecule has 3 rings (SSSR count). The van der Waals surface area contributed by atoms with Crippen molar-refractivity contribution in [3.63, 3.8) is 0 Å². The van der Waals surface area contributed by atoms with E-state index in [1.165, 1.54) is 5.56 Å². The first-order valence-electron chi connectivity index (χ1n) is 5.73. The highest BCUT2D eigenvalue weighted by Crippen LogP contribution is 2.41. The van der Waals surface area contributed by atoms with Crippen LogP contribution in [0.3, 0.4) is 0 Å². The van der Waals surface area contributed by atoms with Gasteiger partial charge in [0.05, 0.1) is 10.7 Å². The van der Waals surface area contributed by atoms with Crippen molar-refractivity contribution in [3.8, 4) is 11.5 Å². The Morgan fingerprint density at radius 1 is 1.11 bits per heavy atom. The van der Waals surface area contributed by atoms with Crippen molar-refractivity contribution < 1.29 is 4.74 Å². The van der Waals surface area contributed by atoms with Gasteiger partial charge in [0.25, 0.3) is 0 Å². The maximum atomic E-state index is 6.19. The quantitative estimate of drug-likeness (QED) is 0.751. The summed E-state index contributed by atoms with van der Waals surface area (Å²) in [6.45, 7) is 0.823. The summed E-state index contributed by atoms with van der Waals surface area (Å²) in [6.07, 6.45) is 0.903. The van der Waals surface area contributed by atoms with Crippen LogP contribution >= 0.6 is 23.2 Å². The van der Waals surface area contributed by atoms with E-state index in [1.807, 2.05) is 24.3 Å². The molecule has 0 saturated carbocycles. The highest BCUT2D eigenvalue weighted by atomic mass is 35.5. The second-order valence-corrected chi connectivity index (χ2v) is 4.99. The summed E-state index contributed by atoms with van der Waals surface area (Å²) in [5, 5.41) is 4.41. The van der Waals surface area contributed by atoms with E-state index < -0.39 is 0 Å². The van der Waals surface area contributed by atoms with E-state index in [1.54, 1.807) is 6.07 Å². The molecule has 2 aromatic rings. The summed E-state index contributed by atoms with van der Waals surface area (Å²) in [4.78, 5) is 0. The van der Waals surface area contributed by atoms with E-state index in [2.05, 4.69) is 11.4 Å². The van der Waals surface area contributed by atoms with Crippen molar-refractivity contribution in [1.29, 1.82) is 0 Å². The molecule has 1 aliphatic rings. The van der Waals surface area contributed by atoms with Gasteiger partial charge in [0, 0.05) is 11.6 Å². The van der Waals surface area contributed by atoms with Crippen LogP contribution in [-0.2, 0) is 6.42 Å². The number of rotatable bonds is 0. The molecule has 92 valence electrons. The molecule has 4 heteroatoms. The number of para-hydroxylation sites is 1. The Kier molecular flexibility index (Phi) is 3.06. The van der Waals surface area contributed by atoms with Gasteiger partial charge in [-0.1, -0.05) is 41.4 Å². The van der Waals surface area contributed by atoms with E-state index >= 15 is 0 Å². The molecule has 1 heterocycles. The predicted molar refractivity (Wildman–Crippen MR) is 75.2 cm³/mol. The minimum Gasteiger partial charge on any atom is -0.453 e. The van der Waals surface area contributed by atoms with Crippen molar-refractivity contribution in [2.75, 3.05) is 11.9 Å².